The molecule has 0 radical (unpaired) electrons. The Morgan fingerprint density at radius 1 is 1.50 bits per heavy atom. The summed E-state index contributed by atoms with van der Waals surface area (Å²) in [6.45, 7) is 4.06. The number of benzene rings is 1. The van der Waals surface area contributed by atoms with Crippen molar-refractivity contribution in [3.05, 3.63) is 29.8 Å². The van der Waals surface area contributed by atoms with Crippen molar-refractivity contribution in [3.63, 3.8) is 0 Å². The van der Waals surface area contributed by atoms with Gasteiger partial charge < -0.3 is 10.1 Å². The number of amides is 1. The van der Waals surface area contributed by atoms with Crippen LogP contribution in [-0.4, -0.2) is 19.1 Å². The molecule has 0 spiro atoms. The van der Waals surface area contributed by atoms with Crippen molar-refractivity contribution in [2.45, 2.75) is 32.7 Å². The van der Waals surface area contributed by atoms with Gasteiger partial charge in [-0.2, -0.15) is 0 Å². The lowest BCUT2D eigenvalue weighted by atomic mass is 10.1. The normalized spacial score (nSPS) is 11.9. The van der Waals surface area contributed by atoms with Crippen LogP contribution in [0.5, 0.6) is 5.75 Å². The molecule has 1 rings (SSSR count). The van der Waals surface area contributed by atoms with E-state index in [1.807, 2.05) is 31.2 Å². The van der Waals surface area contributed by atoms with Gasteiger partial charge in [-0.15, -0.1) is 0 Å². The Kier molecular flexibility index (Phi) is 4.83. The highest BCUT2D eigenvalue weighted by Gasteiger charge is 2.06. The van der Waals surface area contributed by atoms with E-state index in [9.17, 15) is 4.79 Å². The third-order valence-electron chi connectivity index (χ3n) is 2.52. The molecule has 88 valence electrons. The van der Waals surface area contributed by atoms with E-state index in [1.54, 1.807) is 7.11 Å². The van der Waals surface area contributed by atoms with Crippen LogP contribution in [0.2, 0.25) is 0 Å². The molecular formula is C13H19NO2. The van der Waals surface area contributed by atoms with Crippen molar-refractivity contribution in [1.29, 1.82) is 0 Å². The maximum Gasteiger partial charge on any atom is 0.224 e. The molecule has 0 aliphatic heterocycles. The summed E-state index contributed by atoms with van der Waals surface area (Å²) in [6, 6.07) is 7.81. The van der Waals surface area contributed by atoms with Gasteiger partial charge >= 0.3 is 0 Å². The Morgan fingerprint density at radius 2 is 2.25 bits per heavy atom. The SMILES string of the molecule is CC[C@H](C)NC(=O)Cc1cccc(OC)c1. The molecule has 1 aromatic carbocycles. The zero-order valence-electron chi connectivity index (χ0n) is 10.1. The van der Waals surface area contributed by atoms with Gasteiger partial charge in [-0.1, -0.05) is 19.1 Å². The van der Waals surface area contributed by atoms with Crippen LogP contribution in [0.15, 0.2) is 24.3 Å². The second-order valence-corrected chi connectivity index (χ2v) is 3.91. The average Bonchev–Trinajstić information content (AvgIpc) is 2.28. The fourth-order valence-corrected chi connectivity index (χ4v) is 1.40. The number of rotatable bonds is 5. The van der Waals surface area contributed by atoms with E-state index in [-0.39, 0.29) is 11.9 Å². The fourth-order valence-electron chi connectivity index (χ4n) is 1.40. The first kappa shape index (κ1) is 12.6. The molecule has 1 aromatic rings. The molecule has 3 heteroatoms. The molecule has 0 heterocycles. The minimum Gasteiger partial charge on any atom is -0.497 e. The highest BCUT2D eigenvalue weighted by atomic mass is 16.5. The third-order valence-corrected chi connectivity index (χ3v) is 2.52. The number of carbonyl (C=O) groups excluding carboxylic acids is 1. The Labute approximate surface area is 96.8 Å². The molecule has 0 saturated heterocycles. The summed E-state index contributed by atoms with van der Waals surface area (Å²) in [5, 5.41) is 2.94. The highest BCUT2D eigenvalue weighted by Crippen LogP contribution is 2.12. The Hall–Kier alpha value is -1.51. The highest BCUT2D eigenvalue weighted by molar-refractivity contribution is 5.78. The van der Waals surface area contributed by atoms with Crippen LogP contribution in [0.1, 0.15) is 25.8 Å². The van der Waals surface area contributed by atoms with Gasteiger partial charge in [0.15, 0.2) is 0 Å². The number of ether oxygens (including phenoxy) is 1. The molecule has 0 unspecified atom stereocenters. The van der Waals surface area contributed by atoms with E-state index in [1.165, 1.54) is 0 Å². The Morgan fingerprint density at radius 3 is 2.88 bits per heavy atom. The summed E-state index contributed by atoms with van der Waals surface area (Å²) in [4.78, 5) is 11.6. The average molecular weight is 221 g/mol. The van der Waals surface area contributed by atoms with Crippen molar-refractivity contribution in [3.8, 4) is 5.75 Å². The summed E-state index contributed by atoms with van der Waals surface area (Å²) in [6.07, 6.45) is 1.35. The van der Waals surface area contributed by atoms with E-state index in [0.29, 0.717) is 6.42 Å². The second kappa shape index (κ2) is 6.16. The maximum atomic E-state index is 11.6. The van der Waals surface area contributed by atoms with Crippen molar-refractivity contribution in [2.75, 3.05) is 7.11 Å². The molecule has 0 aliphatic carbocycles. The van der Waals surface area contributed by atoms with Gasteiger partial charge in [0.2, 0.25) is 5.91 Å². The summed E-state index contributed by atoms with van der Waals surface area (Å²) < 4.78 is 5.11. The molecule has 0 aliphatic rings. The minimum atomic E-state index is 0.0580. The first-order chi connectivity index (χ1) is 7.65. The maximum absolute atomic E-state index is 11.6. The molecule has 1 N–H and O–H groups in total. The van der Waals surface area contributed by atoms with E-state index in [4.69, 9.17) is 4.74 Å². The van der Waals surface area contributed by atoms with Crippen LogP contribution in [0.3, 0.4) is 0 Å². The molecule has 0 bridgehead atoms. The molecule has 0 fully saturated rings. The van der Waals surface area contributed by atoms with E-state index in [2.05, 4.69) is 12.2 Å². The minimum absolute atomic E-state index is 0.0580. The summed E-state index contributed by atoms with van der Waals surface area (Å²) >= 11 is 0. The zero-order valence-corrected chi connectivity index (χ0v) is 10.1. The number of hydrogen-bond donors (Lipinski definition) is 1. The smallest absolute Gasteiger partial charge is 0.224 e. The van der Waals surface area contributed by atoms with Crippen LogP contribution in [0, 0.1) is 0 Å². The van der Waals surface area contributed by atoms with Crippen LogP contribution < -0.4 is 10.1 Å². The Bertz CT molecular complexity index is 350. The molecular weight excluding hydrogens is 202 g/mol. The molecule has 16 heavy (non-hydrogen) atoms. The number of carbonyl (C=O) groups is 1. The monoisotopic (exact) mass is 221 g/mol. The molecule has 1 atom stereocenters. The Balaban J connectivity index is 2.55. The lowest BCUT2D eigenvalue weighted by Gasteiger charge is -2.11. The van der Waals surface area contributed by atoms with Gasteiger partial charge in [0.1, 0.15) is 5.75 Å². The van der Waals surface area contributed by atoms with Crippen molar-refractivity contribution >= 4 is 5.91 Å². The third kappa shape index (κ3) is 3.93. The number of nitrogens with one attached hydrogen (secondary N) is 1. The van der Waals surface area contributed by atoms with E-state index < -0.39 is 0 Å². The lowest BCUT2D eigenvalue weighted by molar-refractivity contribution is -0.121. The molecule has 0 aromatic heterocycles. The van der Waals surface area contributed by atoms with Crippen LogP contribution in [0.4, 0.5) is 0 Å². The van der Waals surface area contributed by atoms with Crippen LogP contribution in [0.25, 0.3) is 0 Å². The van der Waals surface area contributed by atoms with Crippen molar-refractivity contribution in [2.24, 2.45) is 0 Å². The van der Waals surface area contributed by atoms with Crippen LogP contribution in [-0.2, 0) is 11.2 Å². The number of hydrogen-bond acceptors (Lipinski definition) is 2. The predicted molar refractivity (Wildman–Crippen MR) is 64.6 cm³/mol. The number of methoxy groups -OCH3 is 1. The summed E-state index contributed by atoms with van der Waals surface area (Å²) in [7, 11) is 1.62. The first-order valence-electron chi connectivity index (χ1n) is 5.58. The van der Waals surface area contributed by atoms with Gasteiger partial charge in [-0.05, 0) is 31.0 Å². The second-order valence-electron chi connectivity index (χ2n) is 3.91. The quantitative estimate of drug-likeness (QED) is 0.827. The standard InChI is InChI=1S/C13H19NO2/c1-4-10(2)14-13(15)9-11-6-5-7-12(8-11)16-3/h5-8,10H,4,9H2,1-3H3,(H,14,15)/t10-/m0/s1. The van der Waals surface area contributed by atoms with Crippen LogP contribution >= 0.6 is 0 Å². The zero-order chi connectivity index (χ0) is 12.0. The molecule has 1 amide bonds. The van der Waals surface area contributed by atoms with Gasteiger partial charge in [0.25, 0.3) is 0 Å². The summed E-state index contributed by atoms with van der Waals surface area (Å²) in [5.74, 6) is 0.844. The largest absolute Gasteiger partial charge is 0.497 e. The van der Waals surface area contributed by atoms with Gasteiger partial charge in [-0.25, -0.2) is 0 Å². The first-order valence-corrected chi connectivity index (χ1v) is 5.58. The van der Waals surface area contributed by atoms with E-state index in [0.717, 1.165) is 17.7 Å². The van der Waals surface area contributed by atoms with Gasteiger partial charge in [0, 0.05) is 6.04 Å². The molecule has 0 saturated carbocycles. The summed E-state index contributed by atoms with van der Waals surface area (Å²) in [5.41, 5.74) is 0.972. The van der Waals surface area contributed by atoms with Crippen molar-refractivity contribution < 1.29 is 9.53 Å². The van der Waals surface area contributed by atoms with Gasteiger partial charge in [-0.3, -0.25) is 4.79 Å². The van der Waals surface area contributed by atoms with Gasteiger partial charge in [0.05, 0.1) is 13.5 Å². The predicted octanol–water partition coefficient (Wildman–Crippen LogP) is 2.15. The van der Waals surface area contributed by atoms with E-state index >= 15 is 0 Å². The molecule has 3 nitrogen and oxygen atoms in total. The lowest BCUT2D eigenvalue weighted by Crippen LogP contribution is -2.33. The fraction of sp³-hybridized carbons (Fsp3) is 0.462. The van der Waals surface area contributed by atoms with Crippen molar-refractivity contribution in [1.82, 2.24) is 5.32 Å². The topological polar surface area (TPSA) is 38.3 Å².